The summed E-state index contributed by atoms with van der Waals surface area (Å²) in [4.78, 5) is 11.4. The summed E-state index contributed by atoms with van der Waals surface area (Å²) in [5.74, 6) is -0.453. The number of carbonyl (C=O) groups is 1. The van der Waals surface area contributed by atoms with Crippen LogP contribution in [0.2, 0.25) is 0 Å². The van der Waals surface area contributed by atoms with E-state index in [1.165, 1.54) is 25.1 Å². The van der Waals surface area contributed by atoms with Crippen molar-refractivity contribution < 1.29 is 19.0 Å². The Morgan fingerprint density at radius 1 is 1.61 bits per heavy atom. The van der Waals surface area contributed by atoms with Crippen LogP contribution in [0.5, 0.6) is 5.75 Å². The summed E-state index contributed by atoms with van der Waals surface area (Å²) in [7, 11) is 0. The van der Waals surface area contributed by atoms with E-state index in [0.717, 1.165) is 12.8 Å². The Morgan fingerprint density at radius 3 is 2.89 bits per heavy atom. The van der Waals surface area contributed by atoms with E-state index in [-0.39, 0.29) is 29.9 Å². The monoisotopic (exact) mass is 253 g/mol. The van der Waals surface area contributed by atoms with Gasteiger partial charge in [0.15, 0.2) is 6.61 Å². The average molecular weight is 253 g/mol. The van der Waals surface area contributed by atoms with Crippen LogP contribution in [0.1, 0.15) is 31.4 Å². The number of carbonyl (C=O) groups excluding carboxylic acids is 1. The van der Waals surface area contributed by atoms with E-state index in [9.17, 15) is 14.3 Å². The lowest BCUT2D eigenvalue weighted by Gasteiger charge is -2.10. The van der Waals surface area contributed by atoms with Crippen molar-refractivity contribution in [1.82, 2.24) is 5.32 Å². The summed E-state index contributed by atoms with van der Waals surface area (Å²) in [6, 6.07) is 4.45. The number of benzene rings is 1. The van der Waals surface area contributed by atoms with Gasteiger partial charge in [-0.05, 0) is 31.9 Å². The number of nitrogens with one attached hydrogen (secondary N) is 1. The first kappa shape index (κ1) is 12.8. The van der Waals surface area contributed by atoms with Crippen molar-refractivity contribution in [3.8, 4) is 5.75 Å². The third-order valence-electron chi connectivity index (χ3n) is 2.73. The van der Waals surface area contributed by atoms with Gasteiger partial charge in [-0.3, -0.25) is 4.79 Å². The molecule has 0 saturated heterocycles. The molecule has 1 amide bonds. The van der Waals surface area contributed by atoms with Crippen LogP contribution in [-0.2, 0) is 4.79 Å². The maximum atomic E-state index is 13.5. The minimum atomic E-state index is -0.864. The standard InChI is InChI=1S/C13H16FNO3/c1-8(16)11-5-4-10(6-12(11)14)18-7-13(17)15-9-2-3-9/h4-6,8-9,16H,2-3,7H2,1H3,(H,15,17)/t8-/m0/s1. The highest BCUT2D eigenvalue weighted by Crippen LogP contribution is 2.22. The number of hydrogen-bond acceptors (Lipinski definition) is 3. The maximum Gasteiger partial charge on any atom is 0.258 e. The normalized spacial score (nSPS) is 16.2. The minimum Gasteiger partial charge on any atom is -0.484 e. The molecule has 1 fully saturated rings. The van der Waals surface area contributed by atoms with Crippen molar-refractivity contribution in [2.75, 3.05) is 6.61 Å². The zero-order chi connectivity index (χ0) is 13.1. The molecule has 5 heteroatoms. The van der Waals surface area contributed by atoms with Gasteiger partial charge in [-0.2, -0.15) is 0 Å². The van der Waals surface area contributed by atoms with Crippen LogP contribution in [0.15, 0.2) is 18.2 Å². The molecule has 1 atom stereocenters. The molecule has 1 aromatic carbocycles. The second-order valence-electron chi connectivity index (χ2n) is 4.49. The fourth-order valence-corrected chi connectivity index (χ4v) is 1.58. The molecule has 1 saturated carbocycles. The van der Waals surface area contributed by atoms with Crippen LogP contribution in [0.25, 0.3) is 0 Å². The SMILES string of the molecule is C[C@H](O)c1ccc(OCC(=O)NC2CC2)cc1F. The number of amides is 1. The van der Waals surface area contributed by atoms with Gasteiger partial charge in [0.25, 0.3) is 5.91 Å². The molecule has 1 aromatic rings. The predicted molar refractivity (Wildman–Crippen MR) is 63.7 cm³/mol. The van der Waals surface area contributed by atoms with Crippen molar-refractivity contribution >= 4 is 5.91 Å². The smallest absolute Gasteiger partial charge is 0.258 e. The highest BCUT2D eigenvalue weighted by atomic mass is 19.1. The van der Waals surface area contributed by atoms with Crippen molar-refractivity contribution in [3.63, 3.8) is 0 Å². The highest BCUT2D eigenvalue weighted by molar-refractivity contribution is 5.78. The van der Waals surface area contributed by atoms with E-state index in [0.29, 0.717) is 0 Å². The zero-order valence-corrected chi connectivity index (χ0v) is 10.1. The molecule has 0 radical (unpaired) electrons. The first-order valence-electron chi connectivity index (χ1n) is 5.96. The largest absolute Gasteiger partial charge is 0.484 e. The molecule has 0 bridgehead atoms. The summed E-state index contributed by atoms with van der Waals surface area (Å²) in [6.45, 7) is 1.37. The Bertz CT molecular complexity index is 444. The summed E-state index contributed by atoms with van der Waals surface area (Å²) in [5.41, 5.74) is 0.213. The van der Waals surface area contributed by atoms with Gasteiger partial charge in [0.2, 0.25) is 0 Å². The highest BCUT2D eigenvalue weighted by Gasteiger charge is 2.23. The Labute approximate surface area is 105 Å². The van der Waals surface area contributed by atoms with Crippen molar-refractivity contribution in [3.05, 3.63) is 29.6 Å². The van der Waals surface area contributed by atoms with E-state index in [4.69, 9.17) is 4.74 Å². The maximum absolute atomic E-state index is 13.5. The lowest BCUT2D eigenvalue weighted by atomic mass is 10.1. The van der Waals surface area contributed by atoms with Gasteiger partial charge in [-0.25, -0.2) is 4.39 Å². The summed E-state index contributed by atoms with van der Waals surface area (Å²) in [5, 5.41) is 12.0. The van der Waals surface area contributed by atoms with Gasteiger partial charge in [-0.15, -0.1) is 0 Å². The zero-order valence-electron chi connectivity index (χ0n) is 10.1. The van der Waals surface area contributed by atoms with Gasteiger partial charge in [0, 0.05) is 17.7 Å². The van der Waals surface area contributed by atoms with Gasteiger partial charge >= 0.3 is 0 Å². The molecule has 98 valence electrons. The molecule has 0 aliphatic heterocycles. The van der Waals surface area contributed by atoms with E-state index in [2.05, 4.69) is 5.32 Å². The van der Waals surface area contributed by atoms with Crippen LogP contribution in [0.3, 0.4) is 0 Å². The first-order chi connectivity index (χ1) is 8.56. The molecule has 0 unspecified atom stereocenters. The van der Waals surface area contributed by atoms with Crippen LogP contribution in [-0.4, -0.2) is 23.7 Å². The third kappa shape index (κ3) is 3.43. The number of hydrogen-bond donors (Lipinski definition) is 2. The second-order valence-corrected chi connectivity index (χ2v) is 4.49. The lowest BCUT2D eigenvalue weighted by molar-refractivity contribution is -0.123. The molecule has 1 aliphatic carbocycles. The minimum absolute atomic E-state index is 0.121. The Balaban J connectivity index is 1.88. The van der Waals surface area contributed by atoms with Crippen molar-refractivity contribution in [1.29, 1.82) is 0 Å². The van der Waals surface area contributed by atoms with Gasteiger partial charge < -0.3 is 15.2 Å². The molecule has 2 N–H and O–H groups in total. The molecular weight excluding hydrogens is 237 g/mol. The molecule has 18 heavy (non-hydrogen) atoms. The van der Waals surface area contributed by atoms with Crippen LogP contribution in [0.4, 0.5) is 4.39 Å². The van der Waals surface area contributed by atoms with Crippen LogP contribution in [0, 0.1) is 5.82 Å². The molecular formula is C13H16FNO3. The van der Waals surface area contributed by atoms with Crippen molar-refractivity contribution in [2.45, 2.75) is 31.9 Å². The van der Waals surface area contributed by atoms with Crippen LogP contribution < -0.4 is 10.1 Å². The van der Waals surface area contributed by atoms with Gasteiger partial charge in [0.1, 0.15) is 11.6 Å². The Kier molecular flexibility index (Phi) is 3.81. The fraction of sp³-hybridized carbons (Fsp3) is 0.462. The number of rotatable bonds is 5. The fourth-order valence-electron chi connectivity index (χ4n) is 1.58. The number of ether oxygens (including phenoxy) is 1. The first-order valence-corrected chi connectivity index (χ1v) is 5.96. The molecule has 2 rings (SSSR count). The Hall–Kier alpha value is -1.62. The molecule has 4 nitrogen and oxygen atoms in total. The topological polar surface area (TPSA) is 58.6 Å². The lowest BCUT2D eigenvalue weighted by Crippen LogP contribution is -2.30. The predicted octanol–water partition coefficient (Wildman–Crippen LogP) is 1.54. The number of aliphatic hydroxyl groups is 1. The van der Waals surface area contributed by atoms with E-state index in [1.807, 2.05) is 0 Å². The number of halogens is 1. The second kappa shape index (κ2) is 5.35. The van der Waals surface area contributed by atoms with Crippen LogP contribution >= 0.6 is 0 Å². The summed E-state index contributed by atoms with van der Waals surface area (Å²) >= 11 is 0. The van der Waals surface area contributed by atoms with Crippen molar-refractivity contribution in [2.24, 2.45) is 0 Å². The summed E-state index contributed by atoms with van der Waals surface area (Å²) in [6.07, 6.45) is 1.17. The average Bonchev–Trinajstić information content (AvgIpc) is 3.10. The Morgan fingerprint density at radius 2 is 2.33 bits per heavy atom. The van der Waals surface area contributed by atoms with E-state index < -0.39 is 11.9 Å². The summed E-state index contributed by atoms with van der Waals surface area (Å²) < 4.78 is 18.7. The quantitative estimate of drug-likeness (QED) is 0.836. The molecule has 0 spiro atoms. The number of aliphatic hydroxyl groups excluding tert-OH is 1. The van der Waals surface area contributed by atoms with E-state index >= 15 is 0 Å². The molecule has 0 aromatic heterocycles. The molecule has 0 heterocycles. The molecule has 1 aliphatic rings. The van der Waals surface area contributed by atoms with E-state index in [1.54, 1.807) is 0 Å². The van der Waals surface area contributed by atoms with Gasteiger partial charge in [0.05, 0.1) is 6.10 Å². The third-order valence-corrected chi connectivity index (χ3v) is 2.73. The van der Waals surface area contributed by atoms with Gasteiger partial charge in [-0.1, -0.05) is 0 Å².